The van der Waals surface area contributed by atoms with E-state index in [0.29, 0.717) is 17.5 Å². The maximum atomic E-state index is 6.99. The lowest BCUT2D eigenvalue weighted by Crippen LogP contribution is -2.15. The van der Waals surface area contributed by atoms with Crippen molar-refractivity contribution in [2.24, 2.45) is 0 Å². The summed E-state index contributed by atoms with van der Waals surface area (Å²) < 4.78 is 9.38. The van der Waals surface area contributed by atoms with Crippen molar-refractivity contribution in [1.82, 2.24) is 19.5 Å². The Morgan fingerprint density at radius 2 is 1.19 bits per heavy atom. The van der Waals surface area contributed by atoms with E-state index in [2.05, 4.69) is 176 Å². The SMILES string of the molecule is CC1(C)c2ccccc2-c2ccc(-c3nc(-c4ccccc4)nc(-c4cccc5c4C4CC=CC(n6c7ccccc7c7c(-c8ccccc8)cccc76)=C4O5)n3)cc21. The number of aromatic nitrogens is 4. The molecule has 0 fully saturated rings. The molecule has 9 aromatic rings. The van der Waals surface area contributed by atoms with Gasteiger partial charge in [-0.25, -0.2) is 15.0 Å². The molecule has 0 saturated heterocycles. The van der Waals surface area contributed by atoms with Gasteiger partial charge in [0.1, 0.15) is 11.5 Å². The summed E-state index contributed by atoms with van der Waals surface area (Å²) in [7, 11) is 0. The summed E-state index contributed by atoms with van der Waals surface area (Å²) in [5, 5.41) is 2.45. The summed E-state index contributed by atoms with van der Waals surface area (Å²) >= 11 is 0. The van der Waals surface area contributed by atoms with Gasteiger partial charge in [-0.1, -0.05) is 159 Å². The zero-order valence-electron chi connectivity index (χ0n) is 32.7. The van der Waals surface area contributed by atoms with Gasteiger partial charge in [0.15, 0.2) is 17.5 Å². The van der Waals surface area contributed by atoms with Crippen LogP contribution in [0.25, 0.3) is 83.9 Å². The number of ether oxygens (including phenoxy) is 1. The molecule has 280 valence electrons. The molecule has 1 atom stereocenters. The first-order valence-electron chi connectivity index (χ1n) is 20.4. The minimum atomic E-state index is -0.147. The van der Waals surface area contributed by atoms with E-state index < -0.39 is 0 Å². The molecule has 0 bridgehead atoms. The van der Waals surface area contributed by atoms with Gasteiger partial charge >= 0.3 is 0 Å². The van der Waals surface area contributed by atoms with E-state index in [1.165, 1.54) is 44.2 Å². The molecule has 0 N–H and O–H groups in total. The van der Waals surface area contributed by atoms with Crippen LogP contribution in [-0.4, -0.2) is 19.5 Å². The quantitative estimate of drug-likeness (QED) is 0.175. The highest BCUT2D eigenvalue weighted by Crippen LogP contribution is 2.53. The molecule has 2 aliphatic carbocycles. The van der Waals surface area contributed by atoms with Gasteiger partial charge in [-0.2, -0.15) is 0 Å². The highest BCUT2D eigenvalue weighted by atomic mass is 16.5. The lowest BCUT2D eigenvalue weighted by atomic mass is 9.82. The van der Waals surface area contributed by atoms with Crippen LogP contribution in [0.5, 0.6) is 5.75 Å². The molecular weight excluding hydrogens is 721 g/mol. The van der Waals surface area contributed by atoms with Gasteiger partial charge in [-0.3, -0.25) is 0 Å². The third-order valence-electron chi connectivity index (χ3n) is 12.6. The first-order chi connectivity index (χ1) is 29.0. The number of benzene rings is 7. The van der Waals surface area contributed by atoms with Crippen molar-refractivity contribution in [1.29, 1.82) is 0 Å². The Balaban J connectivity index is 1.02. The highest BCUT2D eigenvalue weighted by molar-refractivity contribution is 6.16. The topological polar surface area (TPSA) is 52.8 Å². The molecule has 0 amide bonds. The Hall–Kier alpha value is -7.37. The Kier molecular flexibility index (Phi) is 7.33. The fourth-order valence-corrected chi connectivity index (χ4v) is 9.87. The van der Waals surface area contributed by atoms with Crippen LogP contribution in [-0.2, 0) is 5.41 Å². The smallest absolute Gasteiger partial charge is 0.164 e. The van der Waals surface area contributed by atoms with Crippen LogP contribution in [0.3, 0.4) is 0 Å². The fourth-order valence-electron chi connectivity index (χ4n) is 9.87. The number of allylic oxidation sites excluding steroid dienone is 4. The van der Waals surface area contributed by atoms with Crippen LogP contribution >= 0.6 is 0 Å². The van der Waals surface area contributed by atoms with Crippen molar-refractivity contribution >= 4 is 27.5 Å². The third kappa shape index (κ3) is 5.07. The summed E-state index contributed by atoms with van der Waals surface area (Å²) in [4.78, 5) is 15.7. The maximum absolute atomic E-state index is 6.99. The van der Waals surface area contributed by atoms with Crippen LogP contribution < -0.4 is 4.74 Å². The summed E-state index contributed by atoms with van der Waals surface area (Å²) in [5.41, 5.74) is 14.8. The van der Waals surface area contributed by atoms with Crippen molar-refractivity contribution in [2.45, 2.75) is 31.6 Å². The second-order valence-electron chi connectivity index (χ2n) is 16.3. The van der Waals surface area contributed by atoms with Crippen LogP contribution in [0.2, 0.25) is 0 Å². The first-order valence-corrected chi connectivity index (χ1v) is 20.4. The molecule has 5 nitrogen and oxygen atoms in total. The summed E-state index contributed by atoms with van der Waals surface area (Å²) in [6.07, 6.45) is 5.33. The molecular formula is C54H38N4O. The number of rotatable bonds is 5. The van der Waals surface area contributed by atoms with Crippen molar-refractivity contribution in [3.63, 3.8) is 0 Å². The minimum absolute atomic E-state index is 0.0191. The molecule has 1 aliphatic heterocycles. The largest absolute Gasteiger partial charge is 0.459 e. The predicted octanol–water partition coefficient (Wildman–Crippen LogP) is 13.3. The van der Waals surface area contributed by atoms with E-state index in [4.69, 9.17) is 19.7 Å². The van der Waals surface area contributed by atoms with Gasteiger partial charge in [0, 0.05) is 38.4 Å². The Morgan fingerprint density at radius 1 is 0.542 bits per heavy atom. The molecule has 0 spiro atoms. The van der Waals surface area contributed by atoms with Crippen LogP contribution in [0.1, 0.15) is 42.9 Å². The summed E-state index contributed by atoms with van der Waals surface area (Å²) in [6, 6.07) is 58.0. The standard InChI is InChI=1S/C54H38N4O/c1-54(2)42-25-11-9-20-37(42)38-31-30-35(32-43(38)54)52-55-51(34-18-7-4-8-19-34)56-53(57-52)41-24-15-29-47-49(41)40-23-14-28-46(50(40)59-47)58-44-26-12-10-21-39(44)48-36(22-13-27-45(48)58)33-16-5-3-6-17-33/h3-22,24-32,40H,23H2,1-2H3. The lowest BCUT2D eigenvalue weighted by molar-refractivity contribution is 0.426. The van der Waals surface area contributed by atoms with Crippen LogP contribution in [0, 0.1) is 0 Å². The van der Waals surface area contributed by atoms with E-state index in [-0.39, 0.29) is 11.3 Å². The van der Waals surface area contributed by atoms with Gasteiger partial charge in [0.25, 0.3) is 0 Å². The Bertz CT molecular complexity index is 3250. The van der Waals surface area contributed by atoms with E-state index in [0.717, 1.165) is 56.9 Å². The van der Waals surface area contributed by atoms with Gasteiger partial charge in [0.2, 0.25) is 0 Å². The molecule has 59 heavy (non-hydrogen) atoms. The van der Waals surface area contributed by atoms with Gasteiger partial charge in [0.05, 0.1) is 22.6 Å². The molecule has 1 unspecified atom stereocenters. The molecule has 3 aliphatic rings. The number of hydrogen-bond donors (Lipinski definition) is 0. The molecule has 12 rings (SSSR count). The van der Waals surface area contributed by atoms with Crippen LogP contribution in [0.15, 0.2) is 182 Å². The molecule has 3 heterocycles. The van der Waals surface area contributed by atoms with Gasteiger partial charge in [-0.15, -0.1) is 0 Å². The molecule has 0 saturated carbocycles. The van der Waals surface area contributed by atoms with Crippen molar-refractivity contribution in [3.8, 4) is 62.2 Å². The zero-order chi connectivity index (χ0) is 39.2. The van der Waals surface area contributed by atoms with E-state index >= 15 is 0 Å². The number of nitrogens with zero attached hydrogens (tertiary/aromatic N) is 4. The second kappa shape index (κ2) is 12.8. The fraction of sp³-hybridized carbons (Fsp3) is 0.0926. The molecule has 5 heteroatoms. The molecule has 7 aromatic carbocycles. The second-order valence-corrected chi connectivity index (χ2v) is 16.3. The average molecular weight is 759 g/mol. The van der Waals surface area contributed by atoms with Crippen molar-refractivity contribution in [3.05, 3.63) is 198 Å². The first kappa shape index (κ1) is 33.7. The van der Waals surface area contributed by atoms with Crippen LogP contribution in [0.4, 0.5) is 0 Å². The highest BCUT2D eigenvalue weighted by Gasteiger charge is 2.38. The average Bonchev–Trinajstić information content (AvgIpc) is 3.92. The normalized spacial score (nSPS) is 15.9. The number of hydrogen-bond acceptors (Lipinski definition) is 4. The van der Waals surface area contributed by atoms with Crippen molar-refractivity contribution < 1.29 is 4.74 Å². The Labute approximate surface area is 342 Å². The number of fused-ring (bicyclic) bond motifs is 9. The van der Waals surface area contributed by atoms with E-state index in [9.17, 15) is 0 Å². The molecule has 0 radical (unpaired) electrons. The summed E-state index contributed by atoms with van der Waals surface area (Å²) in [6.45, 7) is 4.62. The monoisotopic (exact) mass is 758 g/mol. The predicted molar refractivity (Wildman–Crippen MR) is 239 cm³/mol. The Morgan fingerprint density at radius 3 is 2.03 bits per heavy atom. The third-order valence-corrected chi connectivity index (χ3v) is 12.6. The van der Waals surface area contributed by atoms with Gasteiger partial charge < -0.3 is 9.30 Å². The summed E-state index contributed by atoms with van der Waals surface area (Å²) in [5.74, 6) is 3.70. The van der Waals surface area contributed by atoms with Gasteiger partial charge in [-0.05, 0) is 70.1 Å². The minimum Gasteiger partial charge on any atom is -0.459 e. The lowest BCUT2D eigenvalue weighted by Gasteiger charge is -2.22. The number of para-hydroxylation sites is 1. The maximum Gasteiger partial charge on any atom is 0.164 e. The zero-order valence-corrected chi connectivity index (χ0v) is 32.7. The molecule has 2 aromatic heterocycles. The van der Waals surface area contributed by atoms with E-state index in [1.54, 1.807) is 0 Å². The van der Waals surface area contributed by atoms with Crippen molar-refractivity contribution in [2.75, 3.05) is 0 Å². The van der Waals surface area contributed by atoms with E-state index in [1.807, 2.05) is 18.2 Å².